The van der Waals surface area contributed by atoms with Crippen molar-refractivity contribution in [1.29, 1.82) is 0 Å². The van der Waals surface area contributed by atoms with Gasteiger partial charge in [0, 0.05) is 41.6 Å². The van der Waals surface area contributed by atoms with E-state index in [-0.39, 0.29) is 85.7 Å². The molecule has 0 fully saturated rings. The van der Waals surface area contributed by atoms with E-state index in [4.69, 9.17) is 0 Å². The molecule has 2 aromatic carbocycles. The van der Waals surface area contributed by atoms with Crippen LogP contribution in [0.25, 0.3) is 0 Å². The van der Waals surface area contributed by atoms with Crippen molar-refractivity contribution in [2.24, 2.45) is 0 Å². The van der Waals surface area contributed by atoms with E-state index in [9.17, 15) is 13.0 Å². The first-order valence-corrected chi connectivity index (χ1v) is 12.4. The third-order valence-corrected chi connectivity index (χ3v) is 7.80. The van der Waals surface area contributed by atoms with Gasteiger partial charge in [0.15, 0.2) is 5.71 Å². The molecule has 8 heteroatoms. The van der Waals surface area contributed by atoms with Crippen LogP contribution in [-0.4, -0.2) is 37.4 Å². The molecule has 0 atom stereocenters. The molecule has 180 valence electrons. The minimum atomic E-state index is -4.49. The van der Waals surface area contributed by atoms with Gasteiger partial charge in [-0.1, -0.05) is 50.3 Å². The average Bonchev–Trinajstić information content (AvgIpc) is 3.06. The van der Waals surface area contributed by atoms with Crippen LogP contribution in [0.3, 0.4) is 0 Å². The summed E-state index contributed by atoms with van der Waals surface area (Å²) in [4.78, 5) is 1.85. The molecule has 0 radical (unpaired) electrons. The largest absolute Gasteiger partial charge is 1.00 e. The normalized spacial score (nSPS) is 19.2. The SMILES string of the molecule is CN1/C(=C/C=C/C=C/C2=[N+](C)c3ccccc3C2(C)C)C(C)(C)c2cc(S(=O)(=O)[O-])ccc21.[I-].[K+]. The Hall–Kier alpha value is -0.594. The maximum absolute atomic E-state index is 11.5. The second-order valence-corrected chi connectivity index (χ2v) is 11.1. The number of hydrogen-bond acceptors (Lipinski definition) is 4. The monoisotopic (exact) mass is 628 g/mol. The summed E-state index contributed by atoms with van der Waals surface area (Å²) in [6.07, 6.45) is 10.2. The minimum Gasteiger partial charge on any atom is -1.00 e. The Bertz CT molecular complexity index is 1370. The molecule has 0 aliphatic carbocycles. The standard InChI is InChI=1S/C27H30N2O3S.HI.K/c1-26(2)20-12-10-11-13-22(20)28(5)24(26)14-8-7-9-15-25-27(3,4)21-18-19(33(30,31)32)16-17-23(21)29(25)6;;/h7-18H,1-6H3;1H;/q;;+1/p-1. The second kappa shape index (κ2) is 11.0. The van der Waals surface area contributed by atoms with Gasteiger partial charge < -0.3 is 33.4 Å². The fourth-order valence-corrected chi connectivity index (χ4v) is 5.63. The van der Waals surface area contributed by atoms with Crippen LogP contribution in [-0.2, 0) is 20.9 Å². The van der Waals surface area contributed by atoms with Gasteiger partial charge in [0.25, 0.3) is 0 Å². The van der Waals surface area contributed by atoms with Crippen LogP contribution in [0.15, 0.2) is 83.4 Å². The number of allylic oxidation sites excluding steroid dienone is 6. The van der Waals surface area contributed by atoms with Crippen molar-refractivity contribution in [2.45, 2.75) is 43.4 Å². The number of benzene rings is 2. The fourth-order valence-electron chi connectivity index (χ4n) is 5.13. The van der Waals surface area contributed by atoms with Crippen molar-refractivity contribution in [3.8, 4) is 0 Å². The van der Waals surface area contributed by atoms with Gasteiger partial charge in [0.1, 0.15) is 17.2 Å². The number of nitrogens with zero attached hydrogens (tertiary/aromatic N) is 2. The molecule has 2 aliphatic heterocycles. The third kappa shape index (κ3) is 5.50. The van der Waals surface area contributed by atoms with Crippen LogP contribution >= 0.6 is 0 Å². The predicted octanol–water partition coefficient (Wildman–Crippen LogP) is -0.971. The number of para-hydroxylation sites is 1. The first-order valence-electron chi connectivity index (χ1n) is 11.0. The number of rotatable bonds is 4. The molecular formula is C27H30IKN2O3S. The quantitative estimate of drug-likeness (QED) is 0.144. The molecule has 0 spiro atoms. The zero-order valence-electron chi connectivity index (χ0n) is 21.3. The molecule has 0 aromatic heterocycles. The van der Waals surface area contributed by atoms with E-state index in [1.807, 2.05) is 50.1 Å². The van der Waals surface area contributed by atoms with Gasteiger partial charge in [0.05, 0.1) is 10.3 Å². The van der Waals surface area contributed by atoms with Gasteiger partial charge in [-0.3, -0.25) is 0 Å². The van der Waals surface area contributed by atoms with Gasteiger partial charge >= 0.3 is 51.4 Å². The van der Waals surface area contributed by atoms with Crippen molar-refractivity contribution >= 4 is 27.2 Å². The fraction of sp³-hybridized carbons (Fsp3) is 0.296. The van der Waals surface area contributed by atoms with Crippen molar-refractivity contribution in [2.75, 3.05) is 19.0 Å². The molecule has 0 amide bonds. The Morgan fingerprint density at radius 1 is 0.943 bits per heavy atom. The van der Waals surface area contributed by atoms with Gasteiger partial charge in [0.2, 0.25) is 5.69 Å². The Labute approximate surface area is 268 Å². The number of hydrogen-bond donors (Lipinski definition) is 0. The Morgan fingerprint density at radius 2 is 1.60 bits per heavy atom. The number of likely N-dealkylation sites (N-methyl/N-ethyl adjacent to an activating group) is 1. The van der Waals surface area contributed by atoms with Gasteiger partial charge in [-0.2, -0.15) is 4.58 Å². The molecule has 0 saturated carbocycles. The van der Waals surface area contributed by atoms with Crippen LogP contribution in [0.1, 0.15) is 38.8 Å². The molecule has 2 aromatic rings. The Balaban J connectivity index is 0.00000216. The van der Waals surface area contributed by atoms with E-state index in [1.165, 1.54) is 29.1 Å². The van der Waals surface area contributed by atoms with E-state index >= 15 is 0 Å². The van der Waals surface area contributed by atoms with Crippen LogP contribution in [0.4, 0.5) is 11.4 Å². The van der Waals surface area contributed by atoms with Crippen LogP contribution in [0.2, 0.25) is 0 Å². The Morgan fingerprint density at radius 3 is 2.23 bits per heavy atom. The molecule has 2 aliphatic rings. The van der Waals surface area contributed by atoms with Crippen LogP contribution in [0.5, 0.6) is 0 Å². The van der Waals surface area contributed by atoms with Crippen molar-refractivity contribution in [3.05, 3.63) is 89.7 Å². The summed E-state index contributed by atoms with van der Waals surface area (Å²) in [5.41, 5.74) is 6.07. The zero-order chi connectivity index (χ0) is 24.2. The maximum atomic E-state index is 11.5. The van der Waals surface area contributed by atoms with E-state index in [2.05, 4.69) is 55.8 Å². The summed E-state index contributed by atoms with van der Waals surface area (Å²) >= 11 is 0. The van der Waals surface area contributed by atoms with E-state index < -0.39 is 15.5 Å². The topological polar surface area (TPSA) is 63.5 Å². The number of fused-ring (bicyclic) bond motifs is 2. The second-order valence-electron chi connectivity index (χ2n) is 9.70. The number of anilines is 1. The van der Waals surface area contributed by atoms with Crippen LogP contribution < -0.4 is 80.3 Å². The molecule has 5 nitrogen and oxygen atoms in total. The first kappa shape index (κ1) is 30.6. The molecule has 0 saturated heterocycles. The first-order chi connectivity index (χ1) is 15.4. The van der Waals surface area contributed by atoms with E-state index in [0.717, 1.165) is 16.9 Å². The molecule has 4 rings (SSSR count). The summed E-state index contributed by atoms with van der Waals surface area (Å²) in [6, 6.07) is 13.1. The van der Waals surface area contributed by atoms with Gasteiger partial charge in [-0.15, -0.1) is 0 Å². The molecule has 0 unspecified atom stereocenters. The van der Waals surface area contributed by atoms with E-state index in [1.54, 1.807) is 6.07 Å². The molecule has 0 N–H and O–H groups in total. The third-order valence-electron chi connectivity index (χ3n) is 6.96. The van der Waals surface area contributed by atoms with E-state index in [0.29, 0.717) is 0 Å². The molecule has 2 heterocycles. The smallest absolute Gasteiger partial charge is 1.00 e. The van der Waals surface area contributed by atoms with Crippen molar-refractivity contribution in [3.63, 3.8) is 0 Å². The summed E-state index contributed by atoms with van der Waals surface area (Å²) < 4.78 is 36.7. The summed E-state index contributed by atoms with van der Waals surface area (Å²) in [6.45, 7) is 8.55. The summed E-state index contributed by atoms with van der Waals surface area (Å²) in [5.74, 6) is 0. The zero-order valence-corrected chi connectivity index (χ0v) is 27.4. The summed E-state index contributed by atoms with van der Waals surface area (Å²) in [5, 5.41) is 0. The van der Waals surface area contributed by atoms with Crippen molar-refractivity contribution < 1.29 is 92.9 Å². The number of halogens is 1. The molecular weight excluding hydrogens is 598 g/mol. The van der Waals surface area contributed by atoms with Gasteiger partial charge in [-0.05, 0) is 43.7 Å². The van der Waals surface area contributed by atoms with Crippen LogP contribution in [0, 0.1) is 0 Å². The molecule has 0 bridgehead atoms. The minimum absolute atomic E-state index is 0. The average molecular weight is 629 g/mol. The molecule has 35 heavy (non-hydrogen) atoms. The predicted molar refractivity (Wildman–Crippen MR) is 133 cm³/mol. The maximum Gasteiger partial charge on any atom is 1.00 e. The van der Waals surface area contributed by atoms with Crippen molar-refractivity contribution in [1.82, 2.24) is 0 Å². The summed E-state index contributed by atoms with van der Waals surface area (Å²) in [7, 11) is -0.438. The van der Waals surface area contributed by atoms with Gasteiger partial charge in [-0.25, -0.2) is 8.42 Å². The Kier molecular flexibility index (Phi) is 9.65.